The van der Waals surface area contributed by atoms with Crippen LogP contribution < -0.4 is 16.4 Å². The van der Waals surface area contributed by atoms with Crippen LogP contribution in [0.2, 0.25) is 5.02 Å². The molecule has 3 rings (SSSR count). The summed E-state index contributed by atoms with van der Waals surface area (Å²) in [4.78, 5) is 45.6. The van der Waals surface area contributed by atoms with Crippen molar-refractivity contribution in [1.29, 1.82) is 0 Å². The number of halogens is 1. The number of fused-ring (bicyclic) bond motifs is 1. The van der Waals surface area contributed by atoms with Crippen molar-refractivity contribution in [2.75, 3.05) is 24.2 Å². The molecule has 162 valence electrons. The molecule has 0 unspecified atom stereocenters. The van der Waals surface area contributed by atoms with Crippen molar-refractivity contribution in [3.8, 4) is 0 Å². The minimum Gasteiger partial charge on any atom is -0.451 e. The molecule has 1 aromatic carbocycles. The Morgan fingerprint density at radius 1 is 1.16 bits per heavy atom. The fourth-order valence-corrected chi connectivity index (χ4v) is 4.11. The predicted molar refractivity (Wildman–Crippen MR) is 119 cm³/mol. The van der Waals surface area contributed by atoms with Crippen molar-refractivity contribution in [1.82, 2.24) is 15.3 Å². The van der Waals surface area contributed by atoms with E-state index in [0.29, 0.717) is 38.0 Å². The third-order valence-electron chi connectivity index (χ3n) is 4.39. The Morgan fingerprint density at radius 3 is 2.65 bits per heavy atom. The van der Waals surface area contributed by atoms with Gasteiger partial charge in [0.25, 0.3) is 5.91 Å². The zero-order valence-electron chi connectivity index (χ0n) is 17.0. The second-order valence-electron chi connectivity index (χ2n) is 6.69. The van der Waals surface area contributed by atoms with E-state index in [4.69, 9.17) is 22.1 Å². The second kappa shape index (κ2) is 9.27. The lowest BCUT2D eigenvalue weighted by Gasteiger charge is -2.10. The monoisotopic (exact) mass is 461 g/mol. The van der Waals surface area contributed by atoms with Crippen LogP contribution >= 0.6 is 22.9 Å². The first kappa shape index (κ1) is 22.4. The highest BCUT2D eigenvalue weighted by Gasteiger charge is 2.21. The highest BCUT2D eigenvalue weighted by molar-refractivity contribution is 7.21. The number of thiophene rings is 1. The number of aryl methyl sites for hydroxylation is 2. The van der Waals surface area contributed by atoms with E-state index in [0.717, 1.165) is 11.3 Å². The summed E-state index contributed by atoms with van der Waals surface area (Å²) in [6.07, 6.45) is 0. The number of carbonyl (C=O) groups is 3. The van der Waals surface area contributed by atoms with Gasteiger partial charge in [0.15, 0.2) is 6.61 Å². The SMILES string of the molecule is Cc1nc(C)c2c(N)c(C(=O)OCC(=O)NCC(=O)Nc3cccc(Cl)c3C)sc2n1. The first-order valence-corrected chi connectivity index (χ1v) is 10.4. The summed E-state index contributed by atoms with van der Waals surface area (Å²) in [5.74, 6) is -1.25. The van der Waals surface area contributed by atoms with E-state index in [1.165, 1.54) is 0 Å². The highest BCUT2D eigenvalue weighted by atomic mass is 35.5. The normalized spacial score (nSPS) is 10.7. The van der Waals surface area contributed by atoms with Gasteiger partial charge < -0.3 is 21.1 Å². The molecular weight excluding hydrogens is 442 g/mol. The van der Waals surface area contributed by atoms with Crippen LogP contribution in [-0.4, -0.2) is 40.9 Å². The van der Waals surface area contributed by atoms with E-state index in [2.05, 4.69) is 20.6 Å². The summed E-state index contributed by atoms with van der Waals surface area (Å²) in [5.41, 5.74) is 8.21. The van der Waals surface area contributed by atoms with Gasteiger partial charge in [-0.3, -0.25) is 9.59 Å². The number of anilines is 2. The van der Waals surface area contributed by atoms with Gasteiger partial charge in [0.05, 0.1) is 23.3 Å². The van der Waals surface area contributed by atoms with Gasteiger partial charge in [-0.2, -0.15) is 0 Å². The molecule has 0 atom stereocenters. The van der Waals surface area contributed by atoms with Gasteiger partial charge in [0.1, 0.15) is 15.5 Å². The fraction of sp³-hybridized carbons (Fsp3) is 0.250. The lowest BCUT2D eigenvalue weighted by Crippen LogP contribution is -2.35. The fourth-order valence-electron chi connectivity index (χ4n) is 2.85. The number of ether oxygens (including phenoxy) is 1. The van der Waals surface area contributed by atoms with Gasteiger partial charge in [-0.25, -0.2) is 14.8 Å². The molecule has 0 bridgehead atoms. The number of nitrogen functional groups attached to an aromatic ring is 1. The molecule has 0 aliphatic carbocycles. The number of nitrogens with zero attached hydrogens (tertiary/aromatic N) is 2. The van der Waals surface area contributed by atoms with Gasteiger partial charge in [0.2, 0.25) is 5.91 Å². The summed E-state index contributed by atoms with van der Waals surface area (Å²) in [6.45, 7) is 4.44. The molecule has 0 spiro atoms. The van der Waals surface area contributed by atoms with E-state index in [1.54, 1.807) is 39.0 Å². The molecule has 2 heterocycles. The van der Waals surface area contributed by atoms with E-state index in [1.807, 2.05) is 0 Å². The molecule has 4 N–H and O–H groups in total. The number of hydrogen-bond acceptors (Lipinski definition) is 8. The standard InChI is InChI=1S/C20H20ClN5O4S/c1-9-12(21)5-4-6-13(9)26-14(27)7-23-15(28)8-30-20(29)18-17(22)16-10(2)24-11(3)25-19(16)31-18/h4-6H,7-8,22H2,1-3H3,(H,23,28)(H,26,27). The third kappa shape index (κ3) is 5.09. The number of aromatic nitrogens is 2. The van der Waals surface area contributed by atoms with Crippen molar-refractivity contribution < 1.29 is 19.1 Å². The van der Waals surface area contributed by atoms with Crippen molar-refractivity contribution in [3.05, 3.63) is 45.2 Å². The lowest BCUT2D eigenvalue weighted by atomic mass is 10.2. The van der Waals surface area contributed by atoms with Crippen LogP contribution in [-0.2, 0) is 14.3 Å². The summed E-state index contributed by atoms with van der Waals surface area (Å²) >= 11 is 7.09. The van der Waals surface area contributed by atoms with Crippen LogP contribution in [0.25, 0.3) is 10.2 Å². The zero-order valence-corrected chi connectivity index (χ0v) is 18.6. The van der Waals surface area contributed by atoms with Gasteiger partial charge >= 0.3 is 5.97 Å². The number of esters is 1. The number of hydrogen-bond donors (Lipinski definition) is 3. The maximum atomic E-state index is 12.4. The molecule has 0 radical (unpaired) electrons. The molecule has 0 saturated heterocycles. The number of nitrogens with two attached hydrogens (primary N) is 1. The van der Waals surface area contributed by atoms with Crippen molar-refractivity contribution >= 4 is 62.3 Å². The topological polar surface area (TPSA) is 136 Å². The Balaban J connectivity index is 1.54. The minimum atomic E-state index is -0.744. The smallest absolute Gasteiger partial charge is 0.351 e. The molecule has 0 aliphatic heterocycles. The maximum Gasteiger partial charge on any atom is 0.351 e. The number of carbonyl (C=O) groups excluding carboxylic acids is 3. The Hall–Kier alpha value is -3.24. The average Bonchev–Trinajstić information content (AvgIpc) is 3.04. The van der Waals surface area contributed by atoms with Crippen LogP contribution in [0, 0.1) is 20.8 Å². The largest absolute Gasteiger partial charge is 0.451 e. The molecule has 0 aliphatic rings. The minimum absolute atomic E-state index is 0.153. The van der Waals surface area contributed by atoms with E-state index >= 15 is 0 Å². The molecule has 0 fully saturated rings. The molecule has 3 aromatic rings. The third-order valence-corrected chi connectivity index (χ3v) is 5.88. The van der Waals surface area contributed by atoms with E-state index in [-0.39, 0.29) is 17.1 Å². The van der Waals surface area contributed by atoms with Crippen LogP contribution in [0.3, 0.4) is 0 Å². The number of rotatable bonds is 6. The number of benzene rings is 1. The molecule has 2 aromatic heterocycles. The lowest BCUT2D eigenvalue weighted by molar-refractivity contribution is -0.126. The summed E-state index contributed by atoms with van der Waals surface area (Å²) in [7, 11) is 0. The van der Waals surface area contributed by atoms with Gasteiger partial charge in [-0.05, 0) is 38.5 Å². The van der Waals surface area contributed by atoms with Crippen LogP contribution in [0.4, 0.5) is 11.4 Å². The Bertz CT molecular complexity index is 1190. The van der Waals surface area contributed by atoms with Crippen molar-refractivity contribution in [2.24, 2.45) is 0 Å². The van der Waals surface area contributed by atoms with E-state index in [9.17, 15) is 14.4 Å². The Morgan fingerprint density at radius 2 is 1.90 bits per heavy atom. The Kier molecular flexibility index (Phi) is 6.71. The van der Waals surface area contributed by atoms with Gasteiger partial charge in [0, 0.05) is 10.7 Å². The predicted octanol–water partition coefficient (Wildman–Crippen LogP) is 2.76. The van der Waals surface area contributed by atoms with Gasteiger partial charge in [-0.15, -0.1) is 11.3 Å². The number of nitrogens with one attached hydrogen (secondary N) is 2. The summed E-state index contributed by atoms with van der Waals surface area (Å²) < 4.78 is 5.04. The first-order valence-electron chi connectivity index (χ1n) is 9.19. The van der Waals surface area contributed by atoms with Crippen molar-refractivity contribution in [3.63, 3.8) is 0 Å². The Labute approximate surface area is 187 Å². The first-order chi connectivity index (χ1) is 14.7. The maximum absolute atomic E-state index is 12.4. The average molecular weight is 462 g/mol. The number of amides is 2. The quantitative estimate of drug-likeness (QED) is 0.480. The summed E-state index contributed by atoms with van der Waals surface area (Å²) in [5, 5.41) is 6.16. The van der Waals surface area contributed by atoms with E-state index < -0.39 is 24.4 Å². The molecule has 0 saturated carbocycles. The second-order valence-corrected chi connectivity index (χ2v) is 8.10. The molecule has 9 nitrogen and oxygen atoms in total. The van der Waals surface area contributed by atoms with Crippen molar-refractivity contribution in [2.45, 2.75) is 20.8 Å². The molecule has 31 heavy (non-hydrogen) atoms. The molecule has 11 heteroatoms. The molecule has 2 amide bonds. The summed E-state index contributed by atoms with van der Waals surface area (Å²) in [6, 6.07) is 5.11. The van der Waals surface area contributed by atoms with Crippen LogP contribution in [0.15, 0.2) is 18.2 Å². The molecular formula is C20H20ClN5O4S. The zero-order chi connectivity index (χ0) is 22.7. The van der Waals surface area contributed by atoms with Crippen LogP contribution in [0.5, 0.6) is 0 Å². The highest BCUT2D eigenvalue weighted by Crippen LogP contribution is 2.34. The van der Waals surface area contributed by atoms with Crippen LogP contribution in [0.1, 0.15) is 26.8 Å². The van der Waals surface area contributed by atoms with Gasteiger partial charge in [-0.1, -0.05) is 17.7 Å².